The third-order valence-electron chi connectivity index (χ3n) is 4.18. The van der Waals surface area contributed by atoms with Gasteiger partial charge in [-0.15, -0.1) is 5.10 Å². The summed E-state index contributed by atoms with van der Waals surface area (Å²) in [6.45, 7) is 3.59. The molecule has 1 atom stereocenters. The van der Waals surface area contributed by atoms with Gasteiger partial charge in [0.05, 0.1) is 22.8 Å². The van der Waals surface area contributed by atoms with Crippen molar-refractivity contribution in [2.75, 3.05) is 10.9 Å². The Balaban J connectivity index is 0.000000181. The van der Waals surface area contributed by atoms with Crippen LogP contribution in [0.5, 0.6) is 0 Å². The summed E-state index contributed by atoms with van der Waals surface area (Å²) < 4.78 is 12.9. The van der Waals surface area contributed by atoms with Crippen molar-refractivity contribution < 1.29 is 4.39 Å². The van der Waals surface area contributed by atoms with Crippen LogP contribution in [0.1, 0.15) is 13.8 Å². The Hall–Kier alpha value is -3.83. The van der Waals surface area contributed by atoms with Crippen molar-refractivity contribution in [2.45, 2.75) is 20.0 Å². The van der Waals surface area contributed by atoms with Gasteiger partial charge in [-0.25, -0.2) is 4.39 Å². The number of nitrogens with one attached hydrogen (secondary N) is 3. The summed E-state index contributed by atoms with van der Waals surface area (Å²) in [5.74, 6) is -0.00328. The molecule has 0 spiro atoms. The number of nitrogens with zero attached hydrogens (tertiary/aromatic N) is 5. The number of amidine groups is 1. The predicted molar refractivity (Wildman–Crippen MR) is 129 cm³/mol. The van der Waals surface area contributed by atoms with Gasteiger partial charge < -0.3 is 11.5 Å². The fraction of sp³-hybridized carbons (Fsp3) is 0.150. The molecule has 0 fully saturated rings. The third kappa shape index (κ3) is 6.09. The van der Waals surface area contributed by atoms with Crippen molar-refractivity contribution in [3.63, 3.8) is 0 Å². The maximum absolute atomic E-state index is 12.9. The number of benzene rings is 2. The molecule has 10 nitrogen and oxygen atoms in total. The van der Waals surface area contributed by atoms with Crippen LogP contribution in [-0.2, 0) is 0 Å². The van der Waals surface area contributed by atoms with Crippen LogP contribution in [0.15, 0.2) is 74.0 Å². The number of nitrogens with two attached hydrogens (primary N) is 2. The highest BCUT2D eigenvalue weighted by Gasteiger charge is 2.19. The normalized spacial score (nSPS) is 19.5. The van der Waals surface area contributed by atoms with Gasteiger partial charge in [0.2, 0.25) is 0 Å². The SMILES string of the molecule is CC1=NN=C(N)C1=NNc1cccc(Cl)c1.CC1=NNC(N)C1=NNc1cccc(F)c1. The predicted octanol–water partition coefficient (Wildman–Crippen LogP) is 2.71. The minimum absolute atomic E-state index is 0.312. The van der Waals surface area contributed by atoms with E-state index in [-0.39, 0.29) is 5.82 Å². The molecule has 0 saturated heterocycles. The average molecular weight is 457 g/mol. The summed E-state index contributed by atoms with van der Waals surface area (Å²) in [5.41, 5.74) is 23.5. The van der Waals surface area contributed by atoms with Gasteiger partial charge >= 0.3 is 0 Å². The van der Waals surface area contributed by atoms with E-state index in [0.29, 0.717) is 33.7 Å². The first-order valence-corrected chi connectivity index (χ1v) is 9.84. The van der Waals surface area contributed by atoms with Gasteiger partial charge in [-0.3, -0.25) is 16.3 Å². The molecule has 12 heteroatoms. The molecule has 32 heavy (non-hydrogen) atoms. The van der Waals surface area contributed by atoms with Crippen LogP contribution in [0.3, 0.4) is 0 Å². The molecule has 166 valence electrons. The van der Waals surface area contributed by atoms with Crippen molar-refractivity contribution in [2.24, 2.45) is 37.0 Å². The van der Waals surface area contributed by atoms with E-state index in [4.69, 9.17) is 23.1 Å². The molecule has 1 unspecified atom stereocenters. The van der Waals surface area contributed by atoms with Crippen LogP contribution in [0.2, 0.25) is 5.02 Å². The molecule has 4 rings (SSSR count). The monoisotopic (exact) mass is 456 g/mol. The summed E-state index contributed by atoms with van der Waals surface area (Å²) in [4.78, 5) is 0. The highest BCUT2D eigenvalue weighted by atomic mass is 35.5. The lowest BCUT2D eigenvalue weighted by Gasteiger charge is -2.05. The minimum atomic E-state index is -0.416. The number of hydrogen-bond donors (Lipinski definition) is 5. The van der Waals surface area contributed by atoms with Crippen LogP contribution < -0.4 is 27.7 Å². The fourth-order valence-electron chi connectivity index (χ4n) is 2.57. The number of hydrazone groups is 3. The Morgan fingerprint density at radius 2 is 1.69 bits per heavy atom. The molecule has 2 aromatic carbocycles. The minimum Gasteiger partial charge on any atom is -0.380 e. The molecule has 2 heterocycles. The lowest BCUT2D eigenvalue weighted by Crippen LogP contribution is -2.38. The van der Waals surface area contributed by atoms with Crippen molar-refractivity contribution in [3.05, 3.63) is 59.4 Å². The Bertz CT molecular complexity index is 1120. The topological polar surface area (TPSA) is 150 Å². The first-order valence-electron chi connectivity index (χ1n) is 9.46. The van der Waals surface area contributed by atoms with Gasteiger partial charge in [0.25, 0.3) is 0 Å². The van der Waals surface area contributed by atoms with E-state index in [1.807, 2.05) is 12.1 Å². The van der Waals surface area contributed by atoms with E-state index >= 15 is 0 Å². The number of hydrogen-bond acceptors (Lipinski definition) is 10. The van der Waals surface area contributed by atoms with Crippen LogP contribution >= 0.6 is 11.6 Å². The highest BCUT2D eigenvalue weighted by Crippen LogP contribution is 2.15. The number of anilines is 2. The molecule has 0 radical (unpaired) electrons. The molecule has 0 aliphatic carbocycles. The molecule has 7 N–H and O–H groups in total. The lowest BCUT2D eigenvalue weighted by molar-refractivity contribution is 0.628. The molecule has 2 aromatic rings. The van der Waals surface area contributed by atoms with Crippen LogP contribution in [0.4, 0.5) is 15.8 Å². The van der Waals surface area contributed by atoms with Gasteiger partial charge in [-0.1, -0.05) is 23.7 Å². The van der Waals surface area contributed by atoms with Crippen molar-refractivity contribution in [1.82, 2.24) is 5.43 Å². The second kappa shape index (κ2) is 10.5. The molecule has 2 aliphatic heterocycles. The summed E-state index contributed by atoms with van der Waals surface area (Å²) in [6.07, 6.45) is -0.416. The lowest BCUT2D eigenvalue weighted by atomic mass is 10.2. The molecule has 0 bridgehead atoms. The molecule has 2 aliphatic rings. The zero-order valence-corrected chi connectivity index (χ0v) is 18.1. The zero-order chi connectivity index (χ0) is 23.1. The van der Waals surface area contributed by atoms with Crippen LogP contribution in [0.25, 0.3) is 0 Å². The standard InChI is InChI=1S/C10H10ClN5.C10H12FN5/c2*1-6-9(10(12)16-13-6)15-14-8-4-2-3-7(11)5-8/h2-5,14H,1H3,(H2,12,15,16);2-5,10,14,16H,12H2,1H3. The second-order valence-corrected chi connectivity index (χ2v) is 7.11. The van der Waals surface area contributed by atoms with Gasteiger partial charge in [0.15, 0.2) is 11.5 Å². The summed E-state index contributed by atoms with van der Waals surface area (Å²) in [7, 11) is 0. The van der Waals surface area contributed by atoms with Crippen molar-refractivity contribution in [3.8, 4) is 0 Å². The molecule has 0 aromatic heterocycles. The van der Waals surface area contributed by atoms with E-state index < -0.39 is 6.17 Å². The van der Waals surface area contributed by atoms with Crippen molar-refractivity contribution >= 4 is 51.7 Å². The van der Waals surface area contributed by atoms with Gasteiger partial charge in [0.1, 0.15) is 17.7 Å². The average Bonchev–Trinajstić information content (AvgIpc) is 3.26. The largest absolute Gasteiger partial charge is 0.380 e. The first-order chi connectivity index (χ1) is 15.3. The fourth-order valence-corrected chi connectivity index (χ4v) is 2.76. The van der Waals surface area contributed by atoms with E-state index in [1.54, 1.807) is 38.1 Å². The second-order valence-electron chi connectivity index (χ2n) is 6.68. The van der Waals surface area contributed by atoms with E-state index in [1.165, 1.54) is 12.1 Å². The first kappa shape index (κ1) is 22.8. The number of rotatable bonds is 4. The Kier molecular flexibility index (Phi) is 7.47. The molecule has 0 saturated carbocycles. The number of halogens is 2. The summed E-state index contributed by atoms with van der Waals surface area (Å²) in [5, 5.41) is 20.3. The third-order valence-corrected chi connectivity index (χ3v) is 4.42. The smallest absolute Gasteiger partial charge is 0.175 e. The Morgan fingerprint density at radius 1 is 1.00 bits per heavy atom. The maximum Gasteiger partial charge on any atom is 0.175 e. The van der Waals surface area contributed by atoms with E-state index in [9.17, 15) is 4.39 Å². The van der Waals surface area contributed by atoms with Gasteiger partial charge in [-0.05, 0) is 50.2 Å². The maximum atomic E-state index is 12.9. The quantitative estimate of drug-likeness (QED) is 0.448. The highest BCUT2D eigenvalue weighted by molar-refractivity contribution is 6.69. The molecular weight excluding hydrogens is 435 g/mol. The summed E-state index contributed by atoms with van der Waals surface area (Å²) in [6, 6.07) is 13.3. The van der Waals surface area contributed by atoms with Crippen molar-refractivity contribution in [1.29, 1.82) is 0 Å². The zero-order valence-electron chi connectivity index (χ0n) is 17.3. The Morgan fingerprint density at radius 3 is 2.28 bits per heavy atom. The molecule has 0 amide bonds. The molecular formula is C20H22ClFN10. The summed E-state index contributed by atoms with van der Waals surface area (Å²) >= 11 is 5.84. The van der Waals surface area contributed by atoms with Crippen LogP contribution in [0, 0.1) is 5.82 Å². The van der Waals surface area contributed by atoms with Crippen LogP contribution in [-0.4, -0.2) is 34.8 Å². The van der Waals surface area contributed by atoms with E-state index in [0.717, 1.165) is 11.4 Å². The van der Waals surface area contributed by atoms with Gasteiger partial charge in [0, 0.05) is 5.02 Å². The van der Waals surface area contributed by atoms with E-state index in [2.05, 4.69) is 41.8 Å². The van der Waals surface area contributed by atoms with Gasteiger partial charge in [-0.2, -0.15) is 20.4 Å². The Labute approximate surface area is 189 Å².